The monoisotopic (exact) mass is 724 g/mol. The van der Waals surface area contributed by atoms with Crippen LogP contribution in [0.15, 0.2) is 66.5 Å². The zero-order valence-electron chi connectivity index (χ0n) is 27.8. The van der Waals surface area contributed by atoms with Crippen molar-refractivity contribution < 1.29 is 23.8 Å². The Bertz CT molecular complexity index is 1680. The second-order valence-electron chi connectivity index (χ2n) is 12.7. The minimum atomic E-state index is -0.713. The lowest BCUT2D eigenvalue weighted by Gasteiger charge is -2.44. The summed E-state index contributed by atoms with van der Waals surface area (Å²) in [5.74, 6) is 0.921. The molecule has 260 valence electrons. The zero-order chi connectivity index (χ0) is 34.3. The number of rotatable bonds is 14. The van der Waals surface area contributed by atoms with Crippen molar-refractivity contribution in [3.63, 3.8) is 0 Å². The summed E-state index contributed by atoms with van der Waals surface area (Å²) in [4.78, 5) is 35.0. The topological polar surface area (TPSA) is 102 Å². The highest BCUT2D eigenvalue weighted by atomic mass is 35.5. The Morgan fingerprint density at radius 2 is 1.92 bits per heavy atom. The van der Waals surface area contributed by atoms with Crippen LogP contribution in [0.2, 0.25) is 10.0 Å². The van der Waals surface area contributed by atoms with Crippen molar-refractivity contribution in [3.8, 4) is 5.75 Å². The number of hydrogen-bond acceptors (Lipinski definition) is 10. The lowest BCUT2D eigenvalue weighted by atomic mass is 9.79. The quantitative estimate of drug-likeness (QED) is 0.166. The van der Waals surface area contributed by atoms with Crippen molar-refractivity contribution in [2.75, 3.05) is 45.7 Å². The van der Waals surface area contributed by atoms with Crippen LogP contribution in [-0.2, 0) is 27.2 Å². The Kier molecular flexibility index (Phi) is 11.9. The van der Waals surface area contributed by atoms with Crippen LogP contribution in [-0.4, -0.2) is 68.3 Å². The summed E-state index contributed by atoms with van der Waals surface area (Å²) in [6, 6.07) is 8.66. The van der Waals surface area contributed by atoms with E-state index >= 15 is 0 Å². The standard InChI is InChI=1S/C37H42Cl2N4O5S/c1-40-31-10-8-25(16-33(31)46-2)32(17-28-29(38)19-41-20-30(28)39)48-36(44)34-11-9-27(49-34)18-42-35(24-6-4-3-5-7-24)37(45)47-22-26-21-43-14-12-23(26)13-15-43/h3-4,6,8-11,16,19-20,23,26,32,35,40,42H,5,7,12-15,17-18,21-22H2,1-2H3/t26-,32+,35?/m1/s1. The summed E-state index contributed by atoms with van der Waals surface area (Å²) in [5.41, 5.74) is 3.16. The number of piperidine rings is 3. The molecule has 0 saturated carbocycles. The summed E-state index contributed by atoms with van der Waals surface area (Å²) in [5, 5.41) is 7.30. The lowest BCUT2D eigenvalue weighted by Crippen LogP contribution is -2.49. The molecule has 3 fully saturated rings. The molecule has 1 unspecified atom stereocenters. The summed E-state index contributed by atoms with van der Waals surface area (Å²) in [6.45, 7) is 4.17. The molecule has 4 aliphatic rings. The second kappa shape index (κ2) is 16.5. The van der Waals surface area contributed by atoms with Crippen LogP contribution in [0.25, 0.3) is 0 Å². The van der Waals surface area contributed by atoms with E-state index in [9.17, 15) is 9.59 Å². The molecule has 3 saturated heterocycles. The molecular weight excluding hydrogens is 683 g/mol. The molecule has 1 aliphatic carbocycles. The van der Waals surface area contributed by atoms with E-state index in [4.69, 9.17) is 37.4 Å². The van der Waals surface area contributed by atoms with Crippen molar-refractivity contribution in [1.82, 2.24) is 15.2 Å². The largest absolute Gasteiger partial charge is 0.495 e. The number of carbonyl (C=O) groups is 2. The van der Waals surface area contributed by atoms with E-state index in [1.807, 2.05) is 43.5 Å². The van der Waals surface area contributed by atoms with Gasteiger partial charge in [-0.25, -0.2) is 9.59 Å². The SMILES string of the molecule is CNc1ccc([C@H](Cc2c(Cl)cncc2Cl)OC(=O)c2ccc(CNC(C(=O)OC[C@H]3CN4CCC3CC4)C3=CC=CCC3)s2)cc1OC. The van der Waals surface area contributed by atoms with Crippen LogP contribution in [0.5, 0.6) is 5.75 Å². The number of nitrogens with one attached hydrogen (secondary N) is 2. The Balaban J connectivity index is 1.14. The molecule has 0 amide bonds. The van der Waals surface area contributed by atoms with E-state index in [2.05, 4.69) is 26.6 Å². The third-order valence-electron chi connectivity index (χ3n) is 9.68. The van der Waals surface area contributed by atoms with Gasteiger partial charge in [0.05, 0.1) is 29.4 Å². The number of fused-ring (bicyclic) bond motifs is 3. The van der Waals surface area contributed by atoms with Gasteiger partial charge < -0.3 is 24.4 Å². The highest BCUT2D eigenvalue weighted by Crippen LogP contribution is 2.36. The molecule has 2 aromatic heterocycles. The van der Waals surface area contributed by atoms with Gasteiger partial charge in [0.15, 0.2) is 0 Å². The molecular formula is C37H42Cl2N4O5S. The molecule has 9 nitrogen and oxygen atoms in total. The average molecular weight is 726 g/mol. The van der Waals surface area contributed by atoms with E-state index in [-0.39, 0.29) is 12.4 Å². The average Bonchev–Trinajstić information content (AvgIpc) is 3.62. The summed E-state index contributed by atoms with van der Waals surface area (Å²) < 4.78 is 17.7. The van der Waals surface area contributed by atoms with Gasteiger partial charge in [0.2, 0.25) is 0 Å². The highest BCUT2D eigenvalue weighted by Gasteiger charge is 2.35. The van der Waals surface area contributed by atoms with Crippen LogP contribution in [0.1, 0.15) is 57.5 Å². The molecule has 5 heterocycles. The van der Waals surface area contributed by atoms with E-state index in [1.54, 1.807) is 13.2 Å². The maximum atomic E-state index is 13.6. The van der Waals surface area contributed by atoms with Crippen molar-refractivity contribution >= 4 is 52.2 Å². The van der Waals surface area contributed by atoms with Crippen LogP contribution >= 0.6 is 34.5 Å². The molecule has 12 heteroatoms. The first-order chi connectivity index (χ1) is 23.8. The smallest absolute Gasteiger partial charge is 0.348 e. The highest BCUT2D eigenvalue weighted by molar-refractivity contribution is 7.13. The third-order valence-corrected chi connectivity index (χ3v) is 11.4. The molecule has 3 aliphatic heterocycles. The first-order valence-corrected chi connectivity index (χ1v) is 18.3. The third kappa shape index (κ3) is 8.67. The molecule has 49 heavy (non-hydrogen) atoms. The predicted molar refractivity (Wildman–Crippen MR) is 194 cm³/mol. The molecule has 2 N–H and O–H groups in total. The number of methoxy groups -OCH3 is 1. The van der Waals surface area contributed by atoms with E-state index < -0.39 is 18.1 Å². The number of allylic oxidation sites excluding steroid dienone is 3. The second-order valence-corrected chi connectivity index (χ2v) is 14.7. The molecule has 0 radical (unpaired) electrons. The van der Waals surface area contributed by atoms with Gasteiger partial charge in [-0.1, -0.05) is 47.5 Å². The number of hydrogen-bond donors (Lipinski definition) is 2. The maximum Gasteiger partial charge on any atom is 0.348 e. The number of anilines is 1. The lowest BCUT2D eigenvalue weighted by molar-refractivity contribution is -0.148. The first kappa shape index (κ1) is 35.4. The van der Waals surface area contributed by atoms with Gasteiger partial charge in [0.1, 0.15) is 22.8 Å². The first-order valence-electron chi connectivity index (χ1n) is 16.7. The van der Waals surface area contributed by atoms with Crippen LogP contribution < -0.4 is 15.4 Å². The minimum absolute atomic E-state index is 0.237. The van der Waals surface area contributed by atoms with Crippen molar-refractivity contribution in [2.24, 2.45) is 11.8 Å². The minimum Gasteiger partial charge on any atom is -0.495 e. The number of ether oxygens (including phenoxy) is 3. The summed E-state index contributed by atoms with van der Waals surface area (Å²) in [7, 11) is 3.39. The van der Waals surface area contributed by atoms with Crippen LogP contribution in [0.4, 0.5) is 5.69 Å². The van der Waals surface area contributed by atoms with Gasteiger partial charge in [0.25, 0.3) is 0 Å². The van der Waals surface area contributed by atoms with Gasteiger partial charge in [0, 0.05) is 49.7 Å². The van der Waals surface area contributed by atoms with Gasteiger partial charge in [-0.2, -0.15) is 0 Å². The number of pyridine rings is 1. The molecule has 0 spiro atoms. The number of aromatic nitrogens is 1. The molecule has 3 aromatic rings. The number of esters is 2. The Labute approximate surface area is 301 Å². The number of halogens is 2. The Morgan fingerprint density at radius 3 is 2.59 bits per heavy atom. The van der Waals surface area contributed by atoms with Crippen LogP contribution in [0.3, 0.4) is 0 Å². The number of carbonyl (C=O) groups excluding carboxylic acids is 2. The summed E-state index contributed by atoms with van der Waals surface area (Å²) in [6.07, 6.45) is 12.7. The van der Waals surface area contributed by atoms with Crippen molar-refractivity contribution in [2.45, 2.75) is 50.8 Å². The fourth-order valence-electron chi connectivity index (χ4n) is 6.91. The predicted octanol–water partition coefficient (Wildman–Crippen LogP) is 7.26. The normalized spacial score (nSPS) is 21.1. The molecule has 3 atom stereocenters. The zero-order valence-corrected chi connectivity index (χ0v) is 30.1. The Hall–Kier alpha value is -3.41. The van der Waals surface area contributed by atoms with Crippen molar-refractivity contribution in [3.05, 3.63) is 97.5 Å². The molecule has 2 bridgehead atoms. The fraction of sp³-hybridized carbons (Fsp3) is 0.432. The fourth-order valence-corrected chi connectivity index (χ4v) is 8.27. The maximum absolute atomic E-state index is 13.6. The van der Waals surface area contributed by atoms with Gasteiger partial charge in [-0.3, -0.25) is 10.3 Å². The molecule has 1 aromatic carbocycles. The van der Waals surface area contributed by atoms with E-state index in [1.165, 1.54) is 36.6 Å². The molecule has 7 rings (SSSR count). The van der Waals surface area contributed by atoms with Gasteiger partial charge >= 0.3 is 11.9 Å². The van der Waals surface area contributed by atoms with E-state index in [0.717, 1.165) is 54.2 Å². The van der Waals surface area contributed by atoms with Gasteiger partial charge in [-0.15, -0.1) is 11.3 Å². The van der Waals surface area contributed by atoms with E-state index in [0.29, 0.717) is 51.2 Å². The number of benzene rings is 1. The summed E-state index contributed by atoms with van der Waals surface area (Å²) >= 11 is 14.3. The number of thiophene rings is 1. The van der Waals surface area contributed by atoms with Crippen molar-refractivity contribution in [1.29, 1.82) is 0 Å². The number of nitrogens with zero attached hydrogens (tertiary/aromatic N) is 2. The van der Waals surface area contributed by atoms with Gasteiger partial charge in [-0.05, 0) is 85.7 Å². The Morgan fingerprint density at radius 1 is 1.12 bits per heavy atom. The van der Waals surface area contributed by atoms with Crippen LogP contribution in [0, 0.1) is 11.8 Å².